The molecule has 1 N–H and O–H groups in total. The third-order valence-electron chi connectivity index (χ3n) is 3.53. The number of aryl methyl sites for hydroxylation is 1. The lowest BCUT2D eigenvalue weighted by Gasteiger charge is -2.14. The van der Waals surface area contributed by atoms with Crippen LogP contribution < -0.4 is 15.7 Å². The first-order valence-corrected chi connectivity index (χ1v) is 7.66. The molecule has 128 valence electrons. The van der Waals surface area contributed by atoms with Gasteiger partial charge in [-0.15, -0.1) is 0 Å². The first kappa shape index (κ1) is 16.4. The monoisotopic (exact) mass is 339 g/mol. The Morgan fingerprint density at radius 1 is 1.08 bits per heavy atom. The normalized spacial score (nSPS) is 11.8. The van der Waals surface area contributed by atoms with Crippen molar-refractivity contribution in [3.05, 3.63) is 65.1 Å². The second-order valence-corrected chi connectivity index (χ2v) is 5.41. The SMILES string of the molecule is C[C@@H](Oc1ccccc1)C(=O)Nc1ccc(-n2nnn(C)c2=O)cc1. The Balaban J connectivity index is 1.66. The van der Waals surface area contributed by atoms with Crippen molar-refractivity contribution in [2.45, 2.75) is 13.0 Å². The summed E-state index contributed by atoms with van der Waals surface area (Å²) in [6.07, 6.45) is -0.648. The van der Waals surface area contributed by atoms with E-state index in [0.717, 1.165) is 4.68 Å². The first-order chi connectivity index (χ1) is 12.0. The Labute approximate surface area is 143 Å². The van der Waals surface area contributed by atoms with Crippen LogP contribution in [0, 0.1) is 0 Å². The fraction of sp³-hybridized carbons (Fsp3) is 0.176. The number of para-hydroxylation sites is 1. The van der Waals surface area contributed by atoms with Gasteiger partial charge in [-0.3, -0.25) is 4.79 Å². The largest absolute Gasteiger partial charge is 0.481 e. The van der Waals surface area contributed by atoms with Gasteiger partial charge >= 0.3 is 5.69 Å². The molecule has 3 aromatic rings. The number of anilines is 1. The van der Waals surface area contributed by atoms with Gasteiger partial charge in [0.1, 0.15) is 5.75 Å². The Morgan fingerprint density at radius 3 is 2.36 bits per heavy atom. The molecule has 25 heavy (non-hydrogen) atoms. The number of ether oxygens (including phenoxy) is 1. The number of carbonyl (C=O) groups is 1. The number of carbonyl (C=O) groups excluding carboxylic acids is 1. The average Bonchev–Trinajstić information content (AvgIpc) is 2.95. The highest BCUT2D eigenvalue weighted by Crippen LogP contribution is 2.14. The van der Waals surface area contributed by atoms with E-state index in [0.29, 0.717) is 17.1 Å². The van der Waals surface area contributed by atoms with Crippen LogP contribution in [0.3, 0.4) is 0 Å². The zero-order valence-electron chi connectivity index (χ0n) is 13.8. The third-order valence-corrected chi connectivity index (χ3v) is 3.53. The fourth-order valence-corrected chi connectivity index (χ4v) is 2.16. The number of nitrogens with one attached hydrogen (secondary N) is 1. The lowest BCUT2D eigenvalue weighted by Crippen LogP contribution is -2.30. The van der Waals surface area contributed by atoms with E-state index in [1.165, 1.54) is 11.7 Å². The Morgan fingerprint density at radius 2 is 1.76 bits per heavy atom. The molecule has 0 bridgehead atoms. The summed E-state index contributed by atoms with van der Waals surface area (Å²) in [5.74, 6) is 0.357. The summed E-state index contributed by atoms with van der Waals surface area (Å²) < 4.78 is 7.89. The minimum absolute atomic E-state index is 0.270. The smallest absolute Gasteiger partial charge is 0.368 e. The Hall–Kier alpha value is -3.42. The van der Waals surface area contributed by atoms with Gasteiger partial charge < -0.3 is 10.1 Å². The maximum Gasteiger partial charge on any atom is 0.368 e. The second kappa shape index (κ2) is 7.00. The first-order valence-electron chi connectivity index (χ1n) is 7.66. The second-order valence-electron chi connectivity index (χ2n) is 5.41. The van der Waals surface area contributed by atoms with Crippen LogP contribution in [0.25, 0.3) is 5.69 Å². The minimum Gasteiger partial charge on any atom is -0.481 e. The minimum atomic E-state index is -0.648. The molecule has 1 heterocycles. The standard InChI is InChI=1S/C17H17N5O3/c1-12(25-15-6-4-3-5-7-15)16(23)18-13-8-10-14(11-9-13)22-17(24)21(2)19-20-22/h3-12H,1-2H3,(H,18,23)/t12-/m1/s1. The molecule has 0 spiro atoms. The number of amides is 1. The van der Waals surface area contributed by atoms with Crippen LogP contribution >= 0.6 is 0 Å². The molecule has 0 saturated carbocycles. The van der Waals surface area contributed by atoms with E-state index < -0.39 is 6.10 Å². The average molecular weight is 339 g/mol. The summed E-state index contributed by atoms with van der Waals surface area (Å²) in [6, 6.07) is 15.9. The molecule has 3 rings (SSSR count). The van der Waals surface area contributed by atoms with Gasteiger partial charge in [0.15, 0.2) is 6.10 Å². The van der Waals surface area contributed by atoms with E-state index in [-0.39, 0.29) is 11.6 Å². The molecule has 8 nitrogen and oxygen atoms in total. The van der Waals surface area contributed by atoms with Crippen LogP contribution in [-0.2, 0) is 11.8 Å². The van der Waals surface area contributed by atoms with Crippen molar-refractivity contribution in [2.24, 2.45) is 7.05 Å². The maximum absolute atomic E-state index is 12.2. The highest BCUT2D eigenvalue weighted by molar-refractivity contribution is 5.94. The summed E-state index contributed by atoms with van der Waals surface area (Å²) in [5, 5.41) is 10.2. The van der Waals surface area contributed by atoms with Gasteiger partial charge in [0.05, 0.1) is 5.69 Å². The van der Waals surface area contributed by atoms with Gasteiger partial charge in [0.2, 0.25) is 0 Å². The summed E-state index contributed by atoms with van der Waals surface area (Å²) in [5.41, 5.74) is 0.806. The van der Waals surface area contributed by atoms with Crippen molar-refractivity contribution < 1.29 is 9.53 Å². The molecule has 1 aromatic heterocycles. The Kier molecular flexibility index (Phi) is 4.60. The number of tetrazole rings is 1. The molecule has 0 unspecified atom stereocenters. The van der Waals surface area contributed by atoms with Crippen molar-refractivity contribution in [1.29, 1.82) is 0 Å². The number of hydrogen-bond donors (Lipinski definition) is 1. The summed E-state index contributed by atoms with van der Waals surface area (Å²) in [4.78, 5) is 24.0. The predicted octanol–water partition coefficient (Wildman–Crippen LogP) is 1.37. The van der Waals surface area contributed by atoms with Crippen LogP contribution in [-0.4, -0.2) is 31.8 Å². The maximum atomic E-state index is 12.2. The van der Waals surface area contributed by atoms with Gasteiger partial charge in [-0.05, 0) is 53.7 Å². The highest BCUT2D eigenvalue weighted by atomic mass is 16.5. The molecule has 2 aromatic carbocycles. The Bertz CT molecular complexity index is 915. The van der Waals surface area contributed by atoms with Gasteiger partial charge in [-0.25, -0.2) is 4.79 Å². The number of rotatable bonds is 5. The van der Waals surface area contributed by atoms with Crippen molar-refractivity contribution >= 4 is 11.6 Å². The molecule has 0 fully saturated rings. The number of benzene rings is 2. The topological polar surface area (TPSA) is 91.0 Å². The highest BCUT2D eigenvalue weighted by Gasteiger charge is 2.15. The van der Waals surface area contributed by atoms with E-state index in [1.807, 2.05) is 18.2 Å². The lowest BCUT2D eigenvalue weighted by atomic mass is 10.2. The molecular weight excluding hydrogens is 322 g/mol. The van der Waals surface area contributed by atoms with Gasteiger partial charge in [-0.1, -0.05) is 18.2 Å². The van der Waals surface area contributed by atoms with Crippen molar-refractivity contribution in [3.8, 4) is 11.4 Å². The van der Waals surface area contributed by atoms with Gasteiger partial charge in [0, 0.05) is 12.7 Å². The molecule has 1 amide bonds. The molecule has 0 radical (unpaired) electrons. The lowest BCUT2D eigenvalue weighted by molar-refractivity contribution is -0.122. The van der Waals surface area contributed by atoms with Crippen LogP contribution in [0.5, 0.6) is 5.75 Å². The van der Waals surface area contributed by atoms with E-state index in [4.69, 9.17) is 4.74 Å². The van der Waals surface area contributed by atoms with Gasteiger partial charge in [-0.2, -0.15) is 9.36 Å². The molecule has 1 atom stereocenters. The molecule has 0 aliphatic rings. The zero-order valence-corrected chi connectivity index (χ0v) is 13.8. The van der Waals surface area contributed by atoms with Crippen LogP contribution in [0.1, 0.15) is 6.92 Å². The summed E-state index contributed by atoms with van der Waals surface area (Å²) in [7, 11) is 1.52. The fourth-order valence-electron chi connectivity index (χ4n) is 2.16. The van der Waals surface area contributed by atoms with Gasteiger partial charge in [0.25, 0.3) is 5.91 Å². The molecule has 0 saturated heterocycles. The van der Waals surface area contributed by atoms with E-state index in [2.05, 4.69) is 15.7 Å². The van der Waals surface area contributed by atoms with E-state index in [1.54, 1.807) is 43.3 Å². The van der Waals surface area contributed by atoms with Crippen LogP contribution in [0.15, 0.2) is 59.4 Å². The third kappa shape index (κ3) is 3.74. The predicted molar refractivity (Wildman–Crippen MR) is 91.8 cm³/mol. The summed E-state index contributed by atoms with van der Waals surface area (Å²) >= 11 is 0. The van der Waals surface area contributed by atoms with Crippen LogP contribution in [0.4, 0.5) is 5.69 Å². The van der Waals surface area contributed by atoms with E-state index in [9.17, 15) is 9.59 Å². The van der Waals surface area contributed by atoms with Crippen molar-refractivity contribution in [2.75, 3.05) is 5.32 Å². The number of nitrogens with zero attached hydrogens (tertiary/aromatic N) is 4. The number of aromatic nitrogens is 4. The molecule has 8 heteroatoms. The molecular formula is C17H17N5O3. The quantitative estimate of drug-likeness (QED) is 0.758. The molecule has 0 aliphatic heterocycles. The zero-order chi connectivity index (χ0) is 17.8. The van der Waals surface area contributed by atoms with Crippen LogP contribution in [0.2, 0.25) is 0 Å². The van der Waals surface area contributed by atoms with Crippen molar-refractivity contribution in [1.82, 2.24) is 19.8 Å². The molecule has 0 aliphatic carbocycles. The number of hydrogen-bond acceptors (Lipinski definition) is 5. The van der Waals surface area contributed by atoms with E-state index >= 15 is 0 Å². The van der Waals surface area contributed by atoms with Crippen molar-refractivity contribution in [3.63, 3.8) is 0 Å². The summed E-state index contributed by atoms with van der Waals surface area (Å²) in [6.45, 7) is 1.68.